The van der Waals surface area contributed by atoms with Crippen molar-refractivity contribution in [3.8, 4) is 0 Å². The van der Waals surface area contributed by atoms with Gasteiger partial charge in [-0.1, -0.05) is 18.2 Å². The van der Waals surface area contributed by atoms with Gasteiger partial charge >= 0.3 is 0 Å². The van der Waals surface area contributed by atoms with Crippen LogP contribution >= 0.6 is 0 Å². The SMILES string of the molecule is O=C1C2CC(C2)C2(CC2)N1c1ccccc1. The van der Waals surface area contributed by atoms with Gasteiger partial charge in [0.15, 0.2) is 0 Å². The standard InChI is InChI=1S/C14H15NO/c16-13-10-8-11(9-10)14(6-7-14)15(13)12-4-2-1-3-5-12/h1-5,10-11H,6-9H2. The van der Waals surface area contributed by atoms with E-state index in [-0.39, 0.29) is 5.54 Å². The van der Waals surface area contributed by atoms with Crippen LogP contribution in [0.25, 0.3) is 0 Å². The highest BCUT2D eigenvalue weighted by Gasteiger charge is 2.65. The van der Waals surface area contributed by atoms with Gasteiger partial charge in [-0.2, -0.15) is 0 Å². The number of fused-ring (bicyclic) bond motifs is 1. The van der Waals surface area contributed by atoms with Crippen LogP contribution in [-0.4, -0.2) is 11.4 Å². The fraction of sp³-hybridized carbons (Fsp3) is 0.500. The van der Waals surface area contributed by atoms with Gasteiger partial charge in [0.05, 0.1) is 5.54 Å². The molecule has 2 aliphatic carbocycles. The number of anilines is 1. The number of rotatable bonds is 1. The summed E-state index contributed by atoms with van der Waals surface area (Å²) in [6, 6.07) is 10.2. The second-order valence-electron chi connectivity index (χ2n) is 5.48. The van der Waals surface area contributed by atoms with E-state index in [0.29, 0.717) is 11.8 Å². The van der Waals surface area contributed by atoms with Crippen LogP contribution < -0.4 is 4.90 Å². The van der Waals surface area contributed by atoms with E-state index in [2.05, 4.69) is 17.0 Å². The summed E-state index contributed by atoms with van der Waals surface area (Å²) in [6.07, 6.45) is 4.74. The van der Waals surface area contributed by atoms with Crippen LogP contribution in [0.4, 0.5) is 5.69 Å². The van der Waals surface area contributed by atoms with Crippen molar-refractivity contribution in [3.05, 3.63) is 30.3 Å². The lowest BCUT2D eigenvalue weighted by Crippen LogP contribution is -2.61. The molecule has 2 heteroatoms. The van der Waals surface area contributed by atoms with Gasteiger partial charge in [0.2, 0.25) is 5.91 Å². The second-order valence-corrected chi connectivity index (χ2v) is 5.48. The molecule has 2 bridgehead atoms. The zero-order valence-corrected chi connectivity index (χ0v) is 9.23. The summed E-state index contributed by atoms with van der Waals surface area (Å²) in [4.78, 5) is 14.5. The van der Waals surface area contributed by atoms with E-state index in [0.717, 1.165) is 24.4 Å². The summed E-state index contributed by atoms with van der Waals surface area (Å²) < 4.78 is 0. The molecule has 2 aliphatic heterocycles. The Bertz CT molecular complexity index is 443. The third-order valence-corrected chi connectivity index (χ3v) is 4.69. The van der Waals surface area contributed by atoms with Gasteiger partial charge in [0, 0.05) is 11.6 Å². The molecule has 2 heterocycles. The van der Waals surface area contributed by atoms with Crippen LogP contribution in [-0.2, 0) is 4.79 Å². The van der Waals surface area contributed by atoms with Gasteiger partial charge in [-0.25, -0.2) is 0 Å². The fourth-order valence-corrected chi connectivity index (χ4v) is 3.56. The quantitative estimate of drug-likeness (QED) is 0.702. The highest BCUT2D eigenvalue weighted by atomic mass is 16.2. The Morgan fingerprint density at radius 1 is 1.12 bits per heavy atom. The Morgan fingerprint density at radius 2 is 1.81 bits per heavy atom. The van der Waals surface area contributed by atoms with E-state index < -0.39 is 0 Å². The van der Waals surface area contributed by atoms with Crippen LogP contribution in [0.5, 0.6) is 0 Å². The highest BCUT2D eigenvalue weighted by Crippen LogP contribution is 2.62. The molecule has 1 aromatic carbocycles. The zero-order chi connectivity index (χ0) is 10.8. The number of hydrogen-bond acceptors (Lipinski definition) is 1. The average molecular weight is 213 g/mol. The molecule has 82 valence electrons. The molecule has 0 aromatic heterocycles. The van der Waals surface area contributed by atoms with E-state index in [1.807, 2.05) is 18.2 Å². The third kappa shape index (κ3) is 0.909. The van der Waals surface area contributed by atoms with Crippen LogP contribution in [0.15, 0.2) is 30.3 Å². The topological polar surface area (TPSA) is 20.3 Å². The summed E-state index contributed by atoms with van der Waals surface area (Å²) in [5, 5.41) is 0. The first-order valence-electron chi connectivity index (χ1n) is 6.20. The first kappa shape index (κ1) is 8.80. The Labute approximate surface area is 95.3 Å². The lowest BCUT2D eigenvalue weighted by atomic mass is 9.64. The molecular weight excluding hydrogens is 198 g/mol. The van der Waals surface area contributed by atoms with Gasteiger partial charge < -0.3 is 4.90 Å². The molecular formula is C14H15NO. The molecule has 0 N–H and O–H groups in total. The number of nitrogens with zero attached hydrogens (tertiary/aromatic N) is 1. The van der Waals surface area contributed by atoms with Crippen molar-refractivity contribution < 1.29 is 4.79 Å². The molecule has 16 heavy (non-hydrogen) atoms. The Balaban J connectivity index is 1.80. The predicted octanol–water partition coefficient (Wildman–Crippen LogP) is 2.59. The van der Waals surface area contributed by atoms with Crippen molar-refractivity contribution >= 4 is 11.6 Å². The third-order valence-electron chi connectivity index (χ3n) is 4.69. The molecule has 0 unspecified atom stereocenters. The molecule has 4 fully saturated rings. The van der Waals surface area contributed by atoms with E-state index >= 15 is 0 Å². The monoisotopic (exact) mass is 213 g/mol. The fourth-order valence-electron chi connectivity index (χ4n) is 3.56. The minimum Gasteiger partial charge on any atom is -0.306 e. The minimum absolute atomic E-state index is 0.229. The molecule has 2 saturated carbocycles. The maximum Gasteiger partial charge on any atom is 0.230 e. The molecule has 0 radical (unpaired) electrons. The average Bonchev–Trinajstić information content (AvgIpc) is 2.97. The first-order valence-corrected chi connectivity index (χ1v) is 6.20. The van der Waals surface area contributed by atoms with E-state index in [9.17, 15) is 4.79 Å². The number of benzene rings is 1. The molecule has 4 aliphatic rings. The number of para-hydroxylation sites is 1. The molecule has 1 spiro atoms. The van der Waals surface area contributed by atoms with Gasteiger partial charge in [0.25, 0.3) is 0 Å². The van der Waals surface area contributed by atoms with Crippen LogP contribution in [0.3, 0.4) is 0 Å². The van der Waals surface area contributed by atoms with Crippen molar-refractivity contribution in [2.75, 3.05) is 4.90 Å². The minimum atomic E-state index is 0.229. The number of hydrogen-bond donors (Lipinski definition) is 0. The second kappa shape index (κ2) is 2.68. The zero-order valence-electron chi connectivity index (χ0n) is 9.23. The molecule has 5 rings (SSSR count). The van der Waals surface area contributed by atoms with Gasteiger partial charge in [-0.3, -0.25) is 4.79 Å². The number of piperidine rings is 2. The van der Waals surface area contributed by atoms with Crippen molar-refractivity contribution in [1.29, 1.82) is 0 Å². The summed E-state index contributed by atoms with van der Waals surface area (Å²) in [5.41, 5.74) is 1.34. The van der Waals surface area contributed by atoms with Gasteiger partial charge in [-0.15, -0.1) is 0 Å². The molecule has 2 saturated heterocycles. The van der Waals surface area contributed by atoms with Crippen molar-refractivity contribution in [2.24, 2.45) is 11.8 Å². The maximum absolute atomic E-state index is 12.3. The van der Waals surface area contributed by atoms with Crippen LogP contribution in [0.2, 0.25) is 0 Å². The largest absolute Gasteiger partial charge is 0.306 e. The predicted molar refractivity (Wildman–Crippen MR) is 62.1 cm³/mol. The van der Waals surface area contributed by atoms with Crippen molar-refractivity contribution in [1.82, 2.24) is 0 Å². The van der Waals surface area contributed by atoms with Gasteiger partial charge in [0.1, 0.15) is 0 Å². The summed E-state index contributed by atoms with van der Waals surface area (Å²) in [6.45, 7) is 0. The van der Waals surface area contributed by atoms with E-state index in [1.54, 1.807) is 0 Å². The smallest absolute Gasteiger partial charge is 0.230 e. The molecule has 2 nitrogen and oxygen atoms in total. The summed E-state index contributed by atoms with van der Waals surface area (Å²) >= 11 is 0. The maximum atomic E-state index is 12.3. The van der Waals surface area contributed by atoms with Crippen LogP contribution in [0.1, 0.15) is 25.7 Å². The van der Waals surface area contributed by atoms with E-state index in [4.69, 9.17) is 0 Å². The summed E-state index contributed by atoms with van der Waals surface area (Å²) in [7, 11) is 0. The van der Waals surface area contributed by atoms with Crippen LogP contribution in [0, 0.1) is 11.8 Å². The van der Waals surface area contributed by atoms with E-state index in [1.165, 1.54) is 12.8 Å². The lowest BCUT2D eigenvalue weighted by Gasteiger charge is -2.53. The molecule has 1 amide bonds. The summed E-state index contributed by atoms with van der Waals surface area (Å²) in [5.74, 6) is 1.50. The lowest BCUT2D eigenvalue weighted by molar-refractivity contribution is -0.133. The highest BCUT2D eigenvalue weighted by molar-refractivity contribution is 5.99. The van der Waals surface area contributed by atoms with Gasteiger partial charge in [-0.05, 0) is 43.7 Å². The Kier molecular flexibility index (Phi) is 1.47. The Morgan fingerprint density at radius 3 is 2.44 bits per heavy atom. The first-order chi connectivity index (χ1) is 7.81. The van der Waals surface area contributed by atoms with Crippen molar-refractivity contribution in [3.63, 3.8) is 0 Å². The number of carbonyl (C=O) groups excluding carboxylic acids is 1. The number of carbonyl (C=O) groups is 1. The molecule has 1 aromatic rings. The van der Waals surface area contributed by atoms with Crippen molar-refractivity contribution in [2.45, 2.75) is 31.2 Å². The molecule has 0 atom stereocenters. The number of amides is 1. The normalized spacial score (nSPS) is 33.8. The Hall–Kier alpha value is -1.31.